The Morgan fingerprint density at radius 2 is 1.57 bits per heavy atom. The number of hydrogen-bond acceptors (Lipinski definition) is 7. The first-order valence-corrected chi connectivity index (χ1v) is 13.8. The van der Waals surface area contributed by atoms with Gasteiger partial charge in [0.1, 0.15) is 34.2 Å². The topological polar surface area (TPSA) is 121 Å². The Hall–Kier alpha value is -3.61. The third-order valence-electron chi connectivity index (χ3n) is 7.49. The fourth-order valence-corrected chi connectivity index (χ4v) is 5.02. The van der Waals surface area contributed by atoms with Crippen molar-refractivity contribution in [2.75, 3.05) is 0 Å². The molecule has 1 heterocycles. The number of aromatic hydroxyl groups is 2. The molecule has 216 valence electrons. The van der Waals surface area contributed by atoms with Crippen LogP contribution in [0.4, 0.5) is 0 Å². The third kappa shape index (κ3) is 5.79. The van der Waals surface area contributed by atoms with Crippen LogP contribution in [0.2, 0.25) is 0 Å². The van der Waals surface area contributed by atoms with Crippen molar-refractivity contribution in [3.05, 3.63) is 57.4 Å². The van der Waals surface area contributed by atoms with Gasteiger partial charge in [-0.05, 0) is 59.6 Å². The van der Waals surface area contributed by atoms with E-state index in [0.29, 0.717) is 6.42 Å². The zero-order valence-corrected chi connectivity index (χ0v) is 25.1. The maximum atomic E-state index is 13.4. The van der Waals surface area contributed by atoms with E-state index in [1.165, 1.54) is 11.6 Å². The lowest BCUT2D eigenvalue weighted by Crippen LogP contribution is -2.33. The molecule has 1 aliphatic carbocycles. The van der Waals surface area contributed by atoms with Crippen molar-refractivity contribution < 1.29 is 34.4 Å². The van der Waals surface area contributed by atoms with E-state index in [-0.39, 0.29) is 57.3 Å². The molecule has 0 fully saturated rings. The summed E-state index contributed by atoms with van der Waals surface area (Å²) >= 11 is 0. The molecule has 0 radical (unpaired) electrons. The Bertz CT molecular complexity index is 1380. The molecule has 2 aliphatic rings. The van der Waals surface area contributed by atoms with Crippen LogP contribution in [0.25, 0.3) is 6.08 Å². The van der Waals surface area contributed by atoms with Gasteiger partial charge >= 0.3 is 0 Å². The number of carbonyl (C=O) groups excluding carboxylic acids is 3. The number of carbonyl (C=O) groups is 3. The van der Waals surface area contributed by atoms with Crippen molar-refractivity contribution >= 4 is 23.4 Å². The zero-order chi connectivity index (χ0) is 30.3. The van der Waals surface area contributed by atoms with E-state index < -0.39 is 40.1 Å². The average molecular weight is 551 g/mol. The van der Waals surface area contributed by atoms with Gasteiger partial charge in [-0.3, -0.25) is 14.4 Å². The summed E-state index contributed by atoms with van der Waals surface area (Å²) in [5.41, 5.74) is -0.753. The molecule has 0 saturated carbocycles. The van der Waals surface area contributed by atoms with E-state index in [2.05, 4.69) is 6.08 Å². The number of phenolic OH excluding ortho intramolecular Hbond substituents is 2. The maximum Gasteiger partial charge on any atom is 0.172 e. The number of phenols is 2. The molecule has 1 aromatic carbocycles. The molecular formula is C33H42O7. The predicted molar refractivity (Wildman–Crippen MR) is 156 cm³/mol. The van der Waals surface area contributed by atoms with Crippen LogP contribution >= 0.6 is 0 Å². The fraction of sp³-hybridized carbons (Fsp3) is 0.485. The second-order valence-corrected chi connectivity index (χ2v) is 12.5. The second-order valence-electron chi connectivity index (χ2n) is 12.5. The van der Waals surface area contributed by atoms with Gasteiger partial charge in [-0.1, -0.05) is 45.4 Å². The van der Waals surface area contributed by atoms with Crippen LogP contribution in [0.5, 0.6) is 17.2 Å². The third-order valence-corrected chi connectivity index (χ3v) is 7.49. The molecule has 3 N–H and O–H groups in total. The van der Waals surface area contributed by atoms with Gasteiger partial charge in [0.05, 0.1) is 11.1 Å². The normalized spacial score (nSPS) is 19.9. The molecule has 1 aromatic rings. The Kier molecular flexibility index (Phi) is 8.59. The Labute approximate surface area is 236 Å². The van der Waals surface area contributed by atoms with Gasteiger partial charge in [-0.15, -0.1) is 0 Å². The van der Waals surface area contributed by atoms with Crippen LogP contribution in [-0.4, -0.2) is 38.3 Å². The summed E-state index contributed by atoms with van der Waals surface area (Å²) in [4.78, 5) is 39.7. The first-order chi connectivity index (χ1) is 18.4. The van der Waals surface area contributed by atoms with Gasteiger partial charge in [-0.2, -0.15) is 0 Å². The molecule has 40 heavy (non-hydrogen) atoms. The zero-order valence-electron chi connectivity index (χ0n) is 25.1. The molecule has 0 aromatic heterocycles. The number of benzene rings is 1. The Balaban J connectivity index is 2.21. The molecule has 1 aliphatic heterocycles. The minimum absolute atomic E-state index is 0.0281. The van der Waals surface area contributed by atoms with E-state index in [1.54, 1.807) is 47.6 Å². The Morgan fingerprint density at radius 3 is 2.12 bits per heavy atom. The van der Waals surface area contributed by atoms with Crippen LogP contribution in [0.3, 0.4) is 0 Å². The first kappa shape index (κ1) is 30.9. The van der Waals surface area contributed by atoms with E-state index in [1.807, 2.05) is 26.8 Å². The van der Waals surface area contributed by atoms with Gasteiger partial charge in [0, 0.05) is 34.8 Å². The minimum atomic E-state index is -1.10. The highest BCUT2D eigenvalue weighted by atomic mass is 16.5. The fourth-order valence-electron chi connectivity index (χ4n) is 5.02. The monoisotopic (exact) mass is 550 g/mol. The number of aliphatic hydroxyl groups is 1. The number of fused-ring (bicyclic) bond motifs is 1. The summed E-state index contributed by atoms with van der Waals surface area (Å²) in [6.07, 6.45) is 7.99. The molecule has 0 amide bonds. The van der Waals surface area contributed by atoms with Crippen molar-refractivity contribution in [3.63, 3.8) is 0 Å². The van der Waals surface area contributed by atoms with Crippen LogP contribution in [0.15, 0.2) is 40.7 Å². The first-order valence-electron chi connectivity index (χ1n) is 13.8. The lowest BCUT2D eigenvalue weighted by atomic mass is 9.74. The highest BCUT2D eigenvalue weighted by Crippen LogP contribution is 2.49. The number of Topliss-reactive ketones (excluding diaryl/α,β-unsaturated/α-hetero) is 3. The van der Waals surface area contributed by atoms with Gasteiger partial charge in [0.15, 0.2) is 17.3 Å². The number of rotatable bonds is 9. The van der Waals surface area contributed by atoms with E-state index >= 15 is 0 Å². The highest BCUT2D eigenvalue weighted by molar-refractivity contribution is 6.10. The number of ether oxygens (including phenoxy) is 1. The lowest BCUT2D eigenvalue weighted by Gasteiger charge is -2.34. The standard InChI is InChI=1S/C33H42O7/c1-17(2)11-10-13-33(9)14-12-20-27(36)21(29(38)24(30(20)40-33)26(35)19(5)6)15-22-28(37)23(25(34)18(3)4)16-32(7,8)31(22)39/h11-12,14,16,18-19,36-38H,10,13,15H2,1-9H3/t33-/m0/s1. The molecule has 7 heteroatoms. The number of ketones is 3. The summed E-state index contributed by atoms with van der Waals surface area (Å²) in [5.74, 6) is -3.33. The highest BCUT2D eigenvalue weighted by Gasteiger charge is 2.41. The van der Waals surface area contributed by atoms with Crippen LogP contribution in [0, 0.1) is 17.3 Å². The summed E-state index contributed by atoms with van der Waals surface area (Å²) in [6.45, 7) is 16.0. The molecule has 0 spiro atoms. The Morgan fingerprint density at radius 1 is 0.975 bits per heavy atom. The lowest BCUT2D eigenvalue weighted by molar-refractivity contribution is -0.122. The minimum Gasteiger partial charge on any atom is -0.507 e. The average Bonchev–Trinajstić information content (AvgIpc) is 2.84. The van der Waals surface area contributed by atoms with Crippen LogP contribution < -0.4 is 4.74 Å². The van der Waals surface area contributed by atoms with E-state index in [0.717, 1.165) is 6.42 Å². The van der Waals surface area contributed by atoms with Crippen LogP contribution in [-0.2, 0) is 16.0 Å². The molecule has 0 unspecified atom stereocenters. The van der Waals surface area contributed by atoms with E-state index in [4.69, 9.17) is 4.74 Å². The largest absolute Gasteiger partial charge is 0.507 e. The van der Waals surface area contributed by atoms with Gasteiger partial charge in [0.2, 0.25) is 0 Å². The number of aliphatic hydroxyl groups excluding tert-OH is 1. The van der Waals surface area contributed by atoms with Crippen molar-refractivity contribution in [1.82, 2.24) is 0 Å². The van der Waals surface area contributed by atoms with Gasteiger partial charge in [-0.25, -0.2) is 0 Å². The van der Waals surface area contributed by atoms with Crippen LogP contribution in [0.1, 0.15) is 96.6 Å². The van der Waals surface area contributed by atoms with Crippen molar-refractivity contribution in [2.45, 2.75) is 87.2 Å². The smallest absolute Gasteiger partial charge is 0.172 e. The van der Waals surface area contributed by atoms with Crippen molar-refractivity contribution in [2.24, 2.45) is 17.3 Å². The molecular weight excluding hydrogens is 508 g/mol. The summed E-state index contributed by atoms with van der Waals surface area (Å²) in [6, 6.07) is 0. The quantitative estimate of drug-likeness (QED) is 0.224. The molecule has 7 nitrogen and oxygen atoms in total. The summed E-state index contributed by atoms with van der Waals surface area (Å²) in [7, 11) is 0. The second kappa shape index (κ2) is 11.1. The molecule has 1 atom stereocenters. The number of hydrogen-bond donors (Lipinski definition) is 3. The van der Waals surface area contributed by atoms with Crippen molar-refractivity contribution in [1.29, 1.82) is 0 Å². The molecule has 3 rings (SSSR count). The number of allylic oxidation sites excluding steroid dienone is 5. The van der Waals surface area contributed by atoms with Gasteiger partial charge in [0.25, 0.3) is 0 Å². The predicted octanol–water partition coefficient (Wildman–Crippen LogP) is 6.96. The summed E-state index contributed by atoms with van der Waals surface area (Å²) < 4.78 is 6.32. The SMILES string of the molecule is CC(C)=CCC[C@@]1(C)C=Cc2c(O)c(CC3=C(O)C(C(=O)C(C)C)=CC(C)(C)C3=O)c(O)c(C(=O)C(C)C)c2O1. The maximum absolute atomic E-state index is 13.4. The van der Waals surface area contributed by atoms with E-state index in [9.17, 15) is 29.7 Å². The summed E-state index contributed by atoms with van der Waals surface area (Å²) in [5, 5.41) is 33.9. The molecule has 0 bridgehead atoms. The van der Waals surface area contributed by atoms with Crippen molar-refractivity contribution in [3.8, 4) is 17.2 Å². The van der Waals surface area contributed by atoms with Gasteiger partial charge < -0.3 is 20.1 Å². The molecule has 0 saturated heterocycles.